The summed E-state index contributed by atoms with van der Waals surface area (Å²) >= 11 is 0. The van der Waals surface area contributed by atoms with E-state index in [2.05, 4.69) is 20.8 Å². The minimum atomic E-state index is -0.760. The lowest BCUT2D eigenvalue weighted by Crippen LogP contribution is -2.28. The Hall–Kier alpha value is -1.10. The molecule has 0 heterocycles. The minimum absolute atomic E-state index is 0.0583. The molecule has 1 atom stereocenters. The third-order valence-electron chi connectivity index (χ3n) is 8.08. The van der Waals surface area contributed by atoms with Crippen LogP contribution in [0.1, 0.15) is 194 Å². The Morgan fingerprint density at radius 2 is 0.902 bits per heavy atom. The number of aliphatic hydroxyl groups excluding tert-OH is 1. The highest BCUT2D eigenvalue weighted by Gasteiger charge is 2.16. The average molecular weight is 583 g/mol. The second kappa shape index (κ2) is 31.8. The second-order valence-electron chi connectivity index (χ2n) is 12.8. The zero-order valence-electron chi connectivity index (χ0n) is 27.7. The second-order valence-corrected chi connectivity index (χ2v) is 12.8. The van der Waals surface area contributed by atoms with Crippen LogP contribution in [0.5, 0.6) is 0 Å². The van der Waals surface area contributed by atoms with Crippen molar-refractivity contribution in [2.45, 2.75) is 200 Å². The fourth-order valence-corrected chi connectivity index (χ4v) is 5.33. The van der Waals surface area contributed by atoms with Gasteiger partial charge in [0.1, 0.15) is 6.61 Å². The molecule has 0 aromatic rings. The van der Waals surface area contributed by atoms with Crippen LogP contribution in [0, 0.1) is 5.92 Å². The van der Waals surface area contributed by atoms with E-state index in [9.17, 15) is 14.7 Å². The Labute approximate surface area is 255 Å². The Morgan fingerprint density at radius 3 is 1.29 bits per heavy atom. The molecule has 0 fully saturated rings. The summed E-state index contributed by atoms with van der Waals surface area (Å²) in [6.45, 7) is 6.49. The number of hydrogen-bond acceptors (Lipinski definition) is 5. The maximum Gasteiger partial charge on any atom is 0.306 e. The number of carbonyl (C=O) groups excluding carboxylic acids is 2. The van der Waals surface area contributed by atoms with Crippen molar-refractivity contribution in [1.82, 2.24) is 0 Å². The van der Waals surface area contributed by atoms with Gasteiger partial charge in [0.2, 0.25) is 0 Å². The molecule has 0 amide bonds. The van der Waals surface area contributed by atoms with Crippen LogP contribution in [0.4, 0.5) is 0 Å². The predicted molar refractivity (Wildman–Crippen MR) is 173 cm³/mol. The van der Waals surface area contributed by atoms with Gasteiger partial charge in [0.15, 0.2) is 6.10 Å². The first-order valence-corrected chi connectivity index (χ1v) is 18.0. The smallest absolute Gasteiger partial charge is 0.306 e. The van der Waals surface area contributed by atoms with Crippen LogP contribution < -0.4 is 0 Å². The molecule has 0 aromatic carbocycles. The Kier molecular flexibility index (Phi) is 31.0. The molecule has 5 heteroatoms. The summed E-state index contributed by atoms with van der Waals surface area (Å²) in [5.41, 5.74) is 0. The number of hydrogen-bond donors (Lipinski definition) is 1. The molecular formula is C36H70O5. The van der Waals surface area contributed by atoms with Gasteiger partial charge in [-0.2, -0.15) is 0 Å². The van der Waals surface area contributed by atoms with Gasteiger partial charge in [-0.15, -0.1) is 0 Å². The first-order chi connectivity index (χ1) is 20.0. The lowest BCUT2D eigenvalue weighted by molar-refractivity contribution is -0.161. The highest BCUT2D eigenvalue weighted by Crippen LogP contribution is 2.15. The van der Waals surface area contributed by atoms with Crippen molar-refractivity contribution in [1.29, 1.82) is 0 Å². The van der Waals surface area contributed by atoms with E-state index < -0.39 is 6.10 Å². The molecule has 0 aliphatic rings. The fraction of sp³-hybridized carbons (Fsp3) is 0.944. The van der Waals surface area contributed by atoms with E-state index in [0.29, 0.717) is 12.8 Å². The Morgan fingerprint density at radius 1 is 0.537 bits per heavy atom. The summed E-state index contributed by atoms with van der Waals surface area (Å²) in [6.07, 6.45) is 31.5. The molecule has 1 N–H and O–H groups in total. The molecule has 0 bridgehead atoms. The van der Waals surface area contributed by atoms with Crippen molar-refractivity contribution in [3.05, 3.63) is 0 Å². The molecule has 244 valence electrons. The average Bonchev–Trinajstić information content (AvgIpc) is 2.95. The standard InChI is InChI=1S/C36H70O5/c1-4-5-6-7-8-9-10-14-18-21-24-27-30-36(39)41-34(31-37)32-40-35(38)29-26-23-20-17-15-12-11-13-16-19-22-25-28-33(2)3/h33-34,37H,4-32H2,1-3H3/t34-/m0/s1. The van der Waals surface area contributed by atoms with Crippen LogP contribution in [-0.2, 0) is 19.1 Å². The number of esters is 2. The molecule has 0 saturated carbocycles. The van der Waals surface area contributed by atoms with E-state index in [1.807, 2.05) is 0 Å². The summed E-state index contributed by atoms with van der Waals surface area (Å²) in [4.78, 5) is 24.1. The summed E-state index contributed by atoms with van der Waals surface area (Å²) in [5, 5.41) is 9.51. The van der Waals surface area contributed by atoms with Crippen molar-refractivity contribution in [2.24, 2.45) is 5.92 Å². The van der Waals surface area contributed by atoms with Crippen LogP contribution in [-0.4, -0.2) is 36.4 Å². The van der Waals surface area contributed by atoms with Gasteiger partial charge < -0.3 is 14.6 Å². The summed E-state index contributed by atoms with van der Waals surface area (Å²) in [6, 6.07) is 0. The van der Waals surface area contributed by atoms with E-state index in [0.717, 1.165) is 38.0 Å². The van der Waals surface area contributed by atoms with Crippen molar-refractivity contribution in [3.8, 4) is 0 Å². The van der Waals surface area contributed by atoms with Crippen molar-refractivity contribution < 1.29 is 24.2 Å². The first kappa shape index (κ1) is 39.9. The van der Waals surface area contributed by atoms with Gasteiger partial charge in [0.25, 0.3) is 0 Å². The van der Waals surface area contributed by atoms with E-state index in [1.165, 1.54) is 128 Å². The summed E-state index contributed by atoms with van der Waals surface area (Å²) in [7, 11) is 0. The molecule has 0 aromatic heterocycles. The SMILES string of the molecule is CCCCCCCCCCCCCCC(=O)O[C@@H](CO)COC(=O)CCCCCCCCCCCCCCC(C)C. The van der Waals surface area contributed by atoms with Crippen molar-refractivity contribution in [2.75, 3.05) is 13.2 Å². The molecular weight excluding hydrogens is 512 g/mol. The van der Waals surface area contributed by atoms with Gasteiger partial charge in [0.05, 0.1) is 6.61 Å². The molecule has 0 unspecified atom stereocenters. The molecule has 0 radical (unpaired) electrons. The number of unbranched alkanes of at least 4 members (excludes halogenated alkanes) is 22. The lowest BCUT2D eigenvalue weighted by Gasteiger charge is -2.15. The third-order valence-corrected chi connectivity index (χ3v) is 8.08. The third kappa shape index (κ3) is 31.7. The number of ether oxygens (including phenoxy) is 2. The maximum atomic E-state index is 12.1. The highest BCUT2D eigenvalue weighted by molar-refractivity contribution is 5.70. The molecule has 0 spiro atoms. The Balaban J connectivity index is 3.52. The van der Waals surface area contributed by atoms with Gasteiger partial charge in [-0.05, 0) is 18.8 Å². The molecule has 0 aliphatic carbocycles. The van der Waals surface area contributed by atoms with Crippen LogP contribution in [0.3, 0.4) is 0 Å². The van der Waals surface area contributed by atoms with E-state index in [-0.39, 0.29) is 25.2 Å². The first-order valence-electron chi connectivity index (χ1n) is 18.0. The molecule has 5 nitrogen and oxygen atoms in total. The zero-order valence-corrected chi connectivity index (χ0v) is 27.7. The van der Waals surface area contributed by atoms with E-state index >= 15 is 0 Å². The minimum Gasteiger partial charge on any atom is -0.462 e. The van der Waals surface area contributed by atoms with Crippen molar-refractivity contribution in [3.63, 3.8) is 0 Å². The topological polar surface area (TPSA) is 72.8 Å². The van der Waals surface area contributed by atoms with Crippen LogP contribution >= 0.6 is 0 Å². The summed E-state index contributed by atoms with van der Waals surface area (Å²) in [5.74, 6) is 0.261. The molecule has 0 saturated heterocycles. The lowest BCUT2D eigenvalue weighted by atomic mass is 10.0. The number of carbonyl (C=O) groups is 2. The zero-order chi connectivity index (χ0) is 30.2. The maximum absolute atomic E-state index is 12.1. The molecule has 41 heavy (non-hydrogen) atoms. The fourth-order valence-electron chi connectivity index (χ4n) is 5.33. The van der Waals surface area contributed by atoms with Gasteiger partial charge in [-0.25, -0.2) is 0 Å². The van der Waals surface area contributed by atoms with E-state index in [1.54, 1.807) is 0 Å². The molecule has 0 rings (SSSR count). The van der Waals surface area contributed by atoms with Gasteiger partial charge in [0, 0.05) is 12.8 Å². The van der Waals surface area contributed by atoms with Crippen LogP contribution in [0.2, 0.25) is 0 Å². The highest BCUT2D eigenvalue weighted by atomic mass is 16.6. The van der Waals surface area contributed by atoms with Gasteiger partial charge in [-0.3, -0.25) is 9.59 Å². The summed E-state index contributed by atoms with van der Waals surface area (Å²) < 4.78 is 10.6. The van der Waals surface area contributed by atoms with Gasteiger partial charge >= 0.3 is 11.9 Å². The molecule has 0 aliphatic heterocycles. The quantitative estimate of drug-likeness (QED) is 0.0631. The normalized spacial score (nSPS) is 12.1. The Bertz CT molecular complexity index is 562. The largest absolute Gasteiger partial charge is 0.462 e. The van der Waals surface area contributed by atoms with E-state index in [4.69, 9.17) is 9.47 Å². The van der Waals surface area contributed by atoms with Gasteiger partial charge in [-0.1, -0.05) is 168 Å². The monoisotopic (exact) mass is 583 g/mol. The van der Waals surface area contributed by atoms with Crippen molar-refractivity contribution >= 4 is 11.9 Å². The number of rotatable bonds is 32. The number of aliphatic hydroxyl groups is 1. The van der Waals surface area contributed by atoms with Crippen LogP contribution in [0.25, 0.3) is 0 Å². The van der Waals surface area contributed by atoms with Crippen LogP contribution in [0.15, 0.2) is 0 Å². The predicted octanol–water partition coefficient (Wildman–Crippen LogP) is 10.6.